The first-order valence-corrected chi connectivity index (χ1v) is 6.21. The number of pyridine rings is 1. The van der Waals surface area contributed by atoms with E-state index in [1.54, 1.807) is 4.90 Å². The molecule has 2 rings (SSSR count). The molecular formula is C13H16N2O4. The number of hydrogen-bond donors (Lipinski definition) is 2. The molecule has 6 heteroatoms. The molecule has 0 saturated carbocycles. The second-order valence-electron chi connectivity index (χ2n) is 4.77. The monoisotopic (exact) mass is 264 g/mol. The van der Waals surface area contributed by atoms with E-state index in [0.29, 0.717) is 25.1 Å². The van der Waals surface area contributed by atoms with E-state index in [0.717, 1.165) is 6.42 Å². The molecule has 0 aromatic carbocycles. The number of aromatic nitrogens is 1. The number of nitrogens with zero attached hydrogens (tertiary/aromatic N) is 2. The largest absolute Gasteiger partial charge is 0.506 e. The average Bonchev–Trinajstić information content (AvgIpc) is 2.84. The number of aliphatic carboxylic acids is 1. The molecule has 2 N–H and O–H groups in total. The second kappa shape index (κ2) is 5.69. The van der Waals surface area contributed by atoms with Crippen molar-refractivity contribution in [2.75, 3.05) is 13.1 Å². The molecule has 1 saturated heterocycles. The molecule has 1 aliphatic heterocycles. The van der Waals surface area contributed by atoms with Crippen molar-refractivity contribution in [3.05, 3.63) is 24.0 Å². The van der Waals surface area contributed by atoms with Crippen molar-refractivity contribution >= 4 is 11.9 Å². The summed E-state index contributed by atoms with van der Waals surface area (Å²) < 4.78 is 0. The molecule has 1 fully saturated rings. The molecule has 0 bridgehead atoms. The number of carboxylic acids is 1. The lowest BCUT2D eigenvalue weighted by Crippen LogP contribution is -2.28. The van der Waals surface area contributed by atoms with Crippen LogP contribution in [0.3, 0.4) is 0 Å². The standard InChI is InChI=1S/C13H16N2O4/c16-11-5-10(6-14-7-11)13(19)15-4-3-9(8-15)1-2-12(17)18/h5-7,9,16H,1-4,8H2,(H,17,18). The highest BCUT2D eigenvalue weighted by atomic mass is 16.4. The lowest BCUT2D eigenvalue weighted by Gasteiger charge is -2.16. The first-order chi connectivity index (χ1) is 9.06. The number of carbonyl (C=O) groups is 2. The van der Waals surface area contributed by atoms with E-state index in [1.807, 2.05) is 0 Å². The number of carboxylic acid groups (broad SMARTS) is 1. The number of rotatable bonds is 4. The van der Waals surface area contributed by atoms with E-state index in [1.165, 1.54) is 18.5 Å². The zero-order valence-electron chi connectivity index (χ0n) is 10.5. The summed E-state index contributed by atoms with van der Waals surface area (Å²) in [6.45, 7) is 1.19. The summed E-state index contributed by atoms with van der Waals surface area (Å²) in [5.74, 6) is -0.763. The van der Waals surface area contributed by atoms with Gasteiger partial charge in [0, 0.05) is 25.7 Å². The summed E-state index contributed by atoms with van der Waals surface area (Å²) in [6.07, 6.45) is 4.26. The molecule has 6 nitrogen and oxygen atoms in total. The Labute approximate surface area is 110 Å². The van der Waals surface area contributed by atoms with Crippen molar-refractivity contribution in [2.24, 2.45) is 5.92 Å². The molecule has 2 heterocycles. The van der Waals surface area contributed by atoms with Gasteiger partial charge >= 0.3 is 5.97 Å². The van der Waals surface area contributed by atoms with Crippen molar-refractivity contribution in [3.8, 4) is 5.75 Å². The molecule has 0 spiro atoms. The Hall–Kier alpha value is -2.11. The summed E-state index contributed by atoms with van der Waals surface area (Å²) >= 11 is 0. The van der Waals surface area contributed by atoms with E-state index < -0.39 is 5.97 Å². The zero-order valence-corrected chi connectivity index (χ0v) is 10.5. The van der Waals surface area contributed by atoms with Crippen LogP contribution in [0, 0.1) is 5.92 Å². The number of amides is 1. The molecule has 1 aromatic heterocycles. The second-order valence-corrected chi connectivity index (χ2v) is 4.77. The van der Waals surface area contributed by atoms with Crippen molar-refractivity contribution in [1.82, 2.24) is 9.88 Å². The maximum absolute atomic E-state index is 12.1. The fraction of sp³-hybridized carbons (Fsp3) is 0.462. The average molecular weight is 264 g/mol. The fourth-order valence-corrected chi connectivity index (χ4v) is 2.31. The minimum Gasteiger partial charge on any atom is -0.506 e. The first-order valence-electron chi connectivity index (χ1n) is 6.21. The van der Waals surface area contributed by atoms with Crippen LogP contribution in [0.25, 0.3) is 0 Å². The van der Waals surface area contributed by atoms with Crippen LogP contribution in [0.1, 0.15) is 29.6 Å². The summed E-state index contributed by atoms with van der Waals surface area (Å²) in [5, 5.41) is 17.9. The lowest BCUT2D eigenvalue weighted by molar-refractivity contribution is -0.137. The van der Waals surface area contributed by atoms with Gasteiger partial charge in [0.2, 0.25) is 0 Å². The SMILES string of the molecule is O=C(O)CCC1CCN(C(=O)c2cncc(O)c2)C1. The highest BCUT2D eigenvalue weighted by Gasteiger charge is 2.27. The number of carbonyl (C=O) groups excluding carboxylic acids is 1. The third-order valence-corrected chi connectivity index (χ3v) is 3.31. The molecule has 1 atom stereocenters. The molecule has 1 amide bonds. The van der Waals surface area contributed by atoms with Gasteiger partial charge in [-0.05, 0) is 24.8 Å². The highest BCUT2D eigenvalue weighted by molar-refractivity contribution is 5.94. The molecular weight excluding hydrogens is 248 g/mol. The predicted molar refractivity (Wildman–Crippen MR) is 66.8 cm³/mol. The third kappa shape index (κ3) is 3.43. The quantitative estimate of drug-likeness (QED) is 0.850. The van der Waals surface area contributed by atoms with E-state index in [9.17, 15) is 14.7 Å². The summed E-state index contributed by atoms with van der Waals surface area (Å²) in [4.78, 5) is 28.1. The van der Waals surface area contributed by atoms with Crippen LogP contribution in [0.2, 0.25) is 0 Å². The number of likely N-dealkylation sites (tertiary alicyclic amines) is 1. The molecule has 0 radical (unpaired) electrons. The van der Waals surface area contributed by atoms with Gasteiger partial charge in [0.05, 0.1) is 11.8 Å². The van der Waals surface area contributed by atoms with Gasteiger partial charge < -0.3 is 15.1 Å². The molecule has 19 heavy (non-hydrogen) atoms. The van der Waals surface area contributed by atoms with Gasteiger partial charge in [-0.25, -0.2) is 0 Å². The molecule has 0 aliphatic carbocycles. The molecule has 102 valence electrons. The third-order valence-electron chi connectivity index (χ3n) is 3.31. The van der Waals surface area contributed by atoms with Crippen LogP contribution >= 0.6 is 0 Å². The van der Waals surface area contributed by atoms with E-state index in [-0.39, 0.29) is 24.0 Å². The Morgan fingerprint density at radius 3 is 2.89 bits per heavy atom. The summed E-state index contributed by atoms with van der Waals surface area (Å²) in [5.41, 5.74) is 0.360. The van der Waals surface area contributed by atoms with E-state index in [2.05, 4.69) is 4.98 Å². The van der Waals surface area contributed by atoms with Crippen molar-refractivity contribution < 1.29 is 19.8 Å². The van der Waals surface area contributed by atoms with Gasteiger partial charge in [-0.2, -0.15) is 0 Å². The first kappa shape index (κ1) is 13.3. The zero-order chi connectivity index (χ0) is 13.8. The van der Waals surface area contributed by atoms with Crippen LogP contribution < -0.4 is 0 Å². The predicted octanol–water partition coefficient (Wildman–Crippen LogP) is 1.11. The topological polar surface area (TPSA) is 90.7 Å². The Morgan fingerprint density at radius 1 is 1.42 bits per heavy atom. The summed E-state index contributed by atoms with van der Waals surface area (Å²) in [7, 11) is 0. The molecule has 1 aromatic rings. The lowest BCUT2D eigenvalue weighted by atomic mass is 10.0. The Bertz CT molecular complexity index is 489. The summed E-state index contributed by atoms with van der Waals surface area (Å²) in [6, 6.07) is 1.39. The van der Waals surface area contributed by atoms with Crippen LogP contribution in [0.15, 0.2) is 18.5 Å². The Kier molecular flexibility index (Phi) is 3.99. The van der Waals surface area contributed by atoms with Crippen LogP contribution in [-0.4, -0.2) is 45.1 Å². The van der Waals surface area contributed by atoms with Gasteiger partial charge in [0.1, 0.15) is 5.75 Å². The van der Waals surface area contributed by atoms with Gasteiger partial charge in [-0.1, -0.05) is 0 Å². The van der Waals surface area contributed by atoms with Crippen LogP contribution in [0.5, 0.6) is 5.75 Å². The molecule has 1 unspecified atom stereocenters. The maximum atomic E-state index is 12.1. The Balaban J connectivity index is 1.93. The molecule has 1 aliphatic rings. The van der Waals surface area contributed by atoms with Crippen LogP contribution in [-0.2, 0) is 4.79 Å². The minimum absolute atomic E-state index is 0.0347. The van der Waals surface area contributed by atoms with E-state index in [4.69, 9.17) is 5.11 Å². The Morgan fingerprint density at radius 2 is 2.21 bits per heavy atom. The highest BCUT2D eigenvalue weighted by Crippen LogP contribution is 2.23. The van der Waals surface area contributed by atoms with Gasteiger partial charge in [0.25, 0.3) is 5.91 Å². The van der Waals surface area contributed by atoms with Crippen molar-refractivity contribution in [3.63, 3.8) is 0 Å². The van der Waals surface area contributed by atoms with Crippen molar-refractivity contribution in [1.29, 1.82) is 0 Å². The van der Waals surface area contributed by atoms with Gasteiger partial charge in [-0.15, -0.1) is 0 Å². The van der Waals surface area contributed by atoms with Crippen LogP contribution in [0.4, 0.5) is 0 Å². The number of aromatic hydroxyl groups is 1. The van der Waals surface area contributed by atoms with Gasteiger partial charge in [0.15, 0.2) is 0 Å². The van der Waals surface area contributed by atoms with Gasteiger partial charge in [-0.3, -0.25) is 14.6 Å². The number of hydrogen-bond acceptors (Lipinski definition) is 4. The minimum atomic E-state index is -0.804. The fourth-order valence-electron chi connectivity index (χ4n) is 2.31. The maximum Gasteiger partial charge on any atom is 0.303 e. The van der Waals surface area contributed by atoms with Crippen molar-refractivity contribution in [2.45, 2.75) is 19.3 Å². The van der Waals surface area contributed by atoms with E-state index >= 15 is 0 Å². The smallest absolute Gasteiger partial charge is 0.303 e. The normalized spacial score (nSPS) is 18.5.